The summed E-state index contributed by atoms with van der Waals surface area (Å²) in [4.78, 5) is 51.0. The molecule has 0 saturated carbocycles. The van der Waals surface area contributed by atoms with Gasteiger partial charge in [-0.2, -0.15) is 0 Å². The molecule has 0 heterocycles. The van der Waals surface area contributed by atoms with E-state index in [0.717, 1.165) is 0 Å². The minimum absolute atomic E-state index is 0.161. The first-order valence-corrected chi connectivity index (χ1v) is 5.05. The Morgan fingerprint density at radius 1 is 0.545 bits per heavy atom. The predicted octanol–water partition coefficient (Wildman–Crippen LogP) is -0.509. The van der Waals surface area contributed by atoms with Crippen molar-refractivity contribution in [3.63, 3.8) is 0 Å². The molecule has 0 aromatic heterocycles. The van der Waals surface area contributed by atoms with Crippen LogP contribution in [0.25, 0.3) is 0 Å². The summed E-state index contributed by atoms with van der Waals surface area (Å²) in [5, 5.41) is 0. The van der Waals surface area contributed by atoms with Crippen molar-refractivity contribution >= 4 is 36.7 Å². The summed E-state index contributed by atoms with van der Waals surface area (Å²) < 4.78 is 0. The summed E-state index contributed by atoms with van der Waals surface area (Å²) >= 11 is 0. The fourth-order valence-electron chi connectivity index (χ4n) is 0.248. The molecule has 0 unspecified atom stereocenters. The van der Waals surface area contributed by atoms with E-state index >= 15 is 0 Å². The maximum absolute atomic E-state index is 10.2. The van der Waals surface area contributed by atoms with Crippen LogP contribution in [0.5, 0.6) is 0 Å². The van der Waals surface area contributed by atoms with Crippen LogP contribution >= 0.6 is 6.60 Å². The standard InChI is InChI=1S/C5H5O5P/c6-1-11(2-7,3-8,4-9)5-10/h1-5H. The second-order valence-electron chi connectivity index (χ2n) is 2.02. The zero-order chi connectivity index (χ0) is 8.98. The Bertz CT molecular complexity index is 169. The van der Waals surface area contributed by atoms with E-state index in [1.165, 1.54) is 0 Å². The van der Waals surface area contributed by atoms with Crippen molar-refractivity contribution in [2.45, 2.75) is 0 Å². The number of carbonyl (C=O) groups excluding carboxylic acids is 5. The van der Waals surface area contributed by atoms with Crippen molar-refractivity contribution < 1.29 is 24.0 Å². The Labute approximate surface area is 61.7 Å². The van der Waals surface area contributed by atoms with Crippen LogP contribution in [0.4, 0.5) is 0 Å². The quantitative estimate of drug-likeness (QED) is 0.416. The fourth-order valence-corrected chi connectivity index (χ4v) is 0.745. The molecule has 11 heavy (non-hydrogen) atoms. The van der Waals surface area contributed by atoms with Gasteiger partial charge < -0.3 is 0 Å². The van der Waals surface area contributed by atoms with Crippen LogP contribution in [-0.4, -0.2) is 30.1 Å². The molecule has 0 atom stereocenters. The first-order valence-electron chi connectivity index (χ1n) is 2.47. The fraction of sp³-hybridized carbons (Fsp3) is 0. The van der Waals surface area contributed by atoms with Crippen LogP contribution in [0.15, 0.2) is 0 Å². The first-order chi connectivity index (χ1) is 5.12. The predicted molar refractivity (Wildman–Crippen MR) is 40.7 cm³/mol. The molecule has 0 saturated heterocycles. The van der Waals surface area contributed by atoms with Crippen molar-refractivity contribution in [1.29, 1.82) is 0 Å². The Hall–Kier alpha value is -1.22. The van der Waals surface area contributed by atoms with Gasteiger partial charge in [0.05, 0.1) is 0 Å². The zero-order valence-corrected chi connectivity index (χ0v) is 6.27. The summed E-state index contributed by atoms with van der Waals surface area (Å²) in [5.74, 6) is 0. The molecule has 0 radical (unpaired) electrons. The van der Waals surface area contributed by atoms with Gasteiger partial charge >= 0.3 is 60.7 Å². The molecule has 0 aliphatic carbocycles. The minimum atomic E-state index is -4.58. The molecule has 6 heteroatoms. The molecule has 60 valence electrons. The van der Waals surface area contributed by atoms with Crippen LogP contribution in [0.2, 0.25) is 0 Å². The van der Waals surface area contributed by atoms with Crippen LogP contribution in [0, 0.1) is 0 Å². The molecule has 0 amide bonds. The van der Waals surface area contributed by atoms with E-state index < -0.39 is 6.60 Å². The van der Waals surface area contributed by atoms with Gasteiger partial charge in [0.2, 0.25) is 0 Å². The second kappa shape index (κ2) is 2.80. The second-order valence-corrected chi connectivity index (χ2v) is 6.05. The average Bonchev–Trinajstić information content (AvgIpc) is 2.12. The third-order valence-electron chi connectivity index (χ3n) is 1.22. The molecule has 0 N–H and O–H groups in total. The van der Waals surface area contributed by atoms with Gasteiger partial charge in [-0.15, -0.1) is 0 Å². The van der Waals surface area contributed by atoms with Gasteiger partial charge in [0, 0.05) is 0 Å². The Kier molecular flexibility index (Phi) is 2.49. The van der Waals surface area contributed by atoms with Gasteiger partial charge in [-0.3, -0.25) is 0 Å². The monoisotopic (exact) mass is 176 g/mol. The van der Waals surface area contributed by atoms with Gasteiger partial charge in [0.25, 0.3) is 0 Å². The number of carbonyl (C=O) groups is 5. The average molecular weight is 176 g/mol. The molecule has 0 aromatic carbocycles. The molecule has 0 fully saturated rings. The molecule has 0 spiro atoms. The number of hydrogen-bond acceptors (Lipinski definition) is 5. The Balaban J connectivity index is 5.51. The van der Waals surface area contributed by atoms with E-state index in [2.05, 4.69) is 0 Å². The van der Waals surface area contributed by atoms with Crippen LogP contribution in [0.3, 0.4) is 0 Å². The summed E-state index contributed by atoms with van der Waals surface area (Å²) in [5.41, 5.74) is 0. The van der Waals surface area contributed by atoms with Gasteiger partial charge in [0.1, 0.15) is 0 Å². The SMILES string of the molecule is O=CP(C=O)(C=O)(C=O)C=O. The molecular formula is C5H5O5P. The van der Waals surface area contributed by atoms with E-state index in [1.807, 2.05) is 0 Å². The Morgan fingerprint density at radius 2 is 0.727 bits per heavy atom. The molecule has 0 aliphatic heterocycles. The van der Waals surface area contributed by atoms with Gasteiger partial charge in [-0.25, -0.2) is 0 Å². The topological polar surface area (TPSA) is 85.3 Å². The Morgan fingerprint density at radius 3 is 0.727 bits per heavy atom. The first kappa shape index (κ1) is 9.78. The van der Waals surface area contributed by atoms with Crippen molar-refractivity contribution in [2.75, 3.05) is 0 Å². The third kappa shape index (κ3) is 1.14. The van der Waals surface area contributed by atoms with Crippen molar-refractivity contribution in [2.24, 2.45) is 0 Å². The molecule has 0 rings (SSSR count). The summed E-state index contributed by atoms with van der Waals surface area (Å²) in [6.45, 7) is -4.58. The van der Waals surface area contributed by atoms with Crippen LogP contribution in [-0.2, 0) is 24.0 Å². The van der Waals surface area contributed by atoms with E-state index in [4.69, 9.17) is 0 Å². The van der Waals surface area contributed by atoms with Crippen molar-refractivity contribution in [1.82, 2.24) is 0 Å². The van der Waals surface area contributed by atoms with Crippen molar-refractivity contribution in [3.8, 4) is 0 Å². The molecular weight excluding hydrogens is 171 g/mol. The van der Waals surface area contributed by atoms with Crippen LogP contribution < -0.4 is 0 Å². The number of hydrogen-bond donors (Lipinski definition) is 0. The molecule has 5 nitrogen and oxygen atoms in total. The van der Waals surface area contributed by atoms with Gasteiger partial charge in [-0.05, 0) is 0 Å². The van der Waals surface area contributed by atoms with Crippen molar-refractivity contribution in [3.05, 3.63) is 0 Å². The zero-order valence-electron chi connectivity index (χ0n) is 5.38. The number of rotatable bonds is 5. The molecule has 0 aromatic rings. The van der Waals surface area contributed by atoms with E-state index in [9.17, 15) is 24.0 Å². The van der Waals surface area contributed by atoms with E-state index in [1.54, 1.807) is 0 Å². The molecule has 0 bridgehead atoms. The van der Waals surface area contributed by atoms with Gasteiger partial charge in [0.15, 0.2) is 0 Å². The van der Waals surface area contributed by atoms with E-state index in [-0.39, 0.29) is 30.1 Å². The maximum atomic E-state index is 10.2. The normalized spacial score (nSPS) is 13.6. The third-order valence-corrected chi connectivity index (χ3v) is 3.65. The summed E-state index contributed by atoms with van der Waals surface area (Å²) in [6.07, 6.45) is 0. The summed E-state index contributed by atoms with van der Waals surface area (Å²) in [7, 11) is 0. The molecule has 0 aliphatic rings. The van der Waals surface area contributed by atoms with E-state index in [0.29, 0.717) is 0 Å². The summed E-state index contributed by atoms with van der Waals surface area (Å²) in [6, 6.07) is -0.806. The van der Waals surface area contributed by atoms with Gasteiger partial charge in [-0.1, -0.05) is 0 Å². The van der Waals surface area contributed by atoms with Crippen LogP contribution in [0.1, 0.15) is 0 Å².